The molecule has 3 nitrogen and oxygen atoms in total. The fourth-order valence-corrected chi connectivity index (χ4v) is 2.28. The molecule has 1 N–H and O–H groups in total. The zero-order chi connectivity index (χ0) is 14.4. The summed E-state index contributed by atoms with van der Waals surface area (Å²) >= 11 is 0. The number of benzene rings is 1. The number of hydrogen-bond donors (Lipinski definition) is 1. The highest BCUT2D eigenvalue weighted by Gasteiger charge is 2.20. The van der Waals surface area contributed by atoms with Gasteiger partial charge < -0.3 is 5.11 Å². The monoisotopic (exact) mass is 262 g/mol. The Bertz CT molecular complexity index is 432. The topological polar surface area (TPSA) is 54.4 Å². The Morgan fingerprint density at radius 2 is 1.74 bits per heavy atom. The number of rotatable bonds is 7. The maximum atomic E-state index is 11.9. The summed E-state index contributed by atoms with van der Waals surface area (Å²) in [6.45, 7) is 6.24. The molecule has 104 valence electrons. The van der Waals surface area contributed by atoms with Gasteiger partial charge in [0.2, 0.25) is 0 Å². The summed E-state index contributed by atoms with van der Waals surface area (Å²) in [7, 11) is 0. The van der Waals surface area contributed by atoms with Crippen molar-refractivity contribution >= 4 is 11.8 Å². The first-order valence-corrected chi connectivity index (χ1v) is 6.77. The van der Waals surface area contributed by atoms with Crippen LogP contribution in [0, 0.1) is 5.92 Å². The average Bonchev–Trinajstić information content (AvgIpc) is 2.30. The molecule has 0 fully saturated rings. The minimum Gasteiger partial charge on any atom is -0.481 e. The second-order valence-corrected chi connectivity index (χ2v) is 5.34. The third kappa shape index (κ3) is 4.86. The van der Waals surface area contributed by atoms with Crippen LogP contribution in [0.3, 0.4) is 0 Å². The molecule has 0 spiro atoms. The summed E-state index contributed by atoms with van der Waals surface area (Å²) in [5, 5.41) is 8.70. The Hall–Kier alpha value is -1.64. The fraction of sp³-hybridized carbons (Fsp3) is 0.500. The molecule has 0 saturated carbocycles. The molecular formula is C16H22O3. The molecule has 0 saturated heterocycles. The standard InChI is InChI=1S/C16H22O3/c1-4-14(15(17)10-16(18)19)13-7-5-12(6-8-13)9-11(2)3/h5-8,11,14H,4,9-10H2,1-3H3,(H,18,19)/t14-/m1/s1. The van der Waals surface area contributed by atoms with Crippen LogP contribution in [0.4, 0.5) is 0 Å². The predicted octanol–water partition coefficient (Wildman–Crippen LogP) is 3.42. The maximum absolute atomic E-state index is 11.9. The first kappa shape index (κ1) is 15.4. The summed E-state index contributed by atoms with van der Waals surface area (Å²) in [6, 6.07) is 7.97. The van der Waals surface area contributed by atoms with Gasteiger partial charge in [-0.3, -0.25) is 9.59 Å². The molecule has 0 unspecified atom stereocenters. The van der Waals surface area contributed by atoms with Crippen molar-refractivity contribution in [3.8, 4) is 0 Å². The predicted molar refractivity (Wildman–Crippen MR) is 75.3 cm³/mol. The molecule has 0 radical (unpaired) electrons. The lowest BCUT2D eigenvalue weighted by molar-refractivity contribution is -0.140. The van der Waals surface area contributed by atoms with Crippen molar-refractivity contribution in [2.75, 3.05) is 0 Å². The Kier molecular flexibility index (Phi) is 5.74. The van der Waals surface area contributed by atoms with E-state index in [0.29, 0.717) is 12.3 Å². The number of hydrogen-bond acceptors (Lipinski definition) is 2. The Labute approximate surface area is 114 Å². The van der Waals surface area contributed by atoms with E-state index in [1.54, 1.807) is 0 Å². The second kappa shape index (κ2) is 7.07. The molecule has 0 bridgehead atoms. The fourth-order valence-electron chi connectivity index (χ4n) is 2.28. The number of ketones is 1. The highest BCUT2D eigenvalue weighted by atomic mass is 16.4. The van der Waals surface area contributed by atoms with Crippen LogP contribution >= 0.6 is 0 Å². The van der Waals surface area contributed by atoms with Crippen LogP contribution in [0.25, 0.3) is 0 Å². The molecule has 19 heavy (non-hydrogen) atoms. The van der Waals surface area contributed by atoms with Crippen molar-refractivity contribution in [3.63, 3.8) is 0 Å². The van der Waals surface area contributed by atoms with E-state index in [1.165, 1.54) is 5.56 Å². The van der Waals surface area contributed by atoms with Gasteiger partial charge in [-0.2, -0.15) is 0 Å². The van der Waals surface area contributed by atoms with Crippen LogP contribution in [0.2, 0.25) is 0 Å². The normalized spacial score (nSPS) is 12.4. The average molecular weight is 262 g/mol. The zero-order valence-corrected chi connectivity index (χ0v) is 11.8. The second-order valence-electron chi connectivity index (χ2n) is 5.34. The van der Waals surface area contributed by atoms with Gasteiger partial charge in [-0.1, -0.05) is 45.0 Å². The van der Waals surface area contributed by atoms with Crippen LogP contribution in [-0.2, 0) is 16.0 Å². The van der Waals surface area contributed by atoms with Gasteiger partial charge >= 0.3 is 5.97 Å². The lowest BCUT2D eigenvalue weighted by Crippen LogP contribution is -2.15. The smallest absolute Gasteiger partial charge is 0.310 e. The molecule has 0 heterocycles. The highest BCUT2D eigenvalue weighted by Crippen LogP contribution is 2.23. The van der Waals surface area contributed by atoms with Gasteiger partial charge in [0.1, 0.15) is 6.42 Å². The van der Waals surface area contributed by atoms with Gasteiger partial charge in [0, 0.05) is 5.92 Å². The molecule has 1 aromatic carbocycles. The molecule has 3 heteroatoms. The number of carbonyl (C=O) groups is 2. The summed E-state index contributed by atoms with van der Waals surface area (Å²) in [6.07, 6.45) is 1.25. The van der Waals surface area contributed by atoms with Crippen molar-refractivity contribution in [3.05, 3.63) is 35.4 Å². The Morgan fingerprint density at radius 3 is 2.16 bits per heavy atom. The van der Waals surface area contributed by atoms with Crippen LogP contribution in [0.5, 0.6) is 0 Å². The summed E-state index contributed by atoms with van der Waals surface area (Å²) < 4.78 is 0. The third-order valence-electron chi connectivity index (χ3n) is 3.15. The van der Waals surface area contributed by atoms with Crippen LogP contribution in [-0.4, -0.2) is 16.9 Å². The number of carboxylic acids is 1. The van der Waals surface area contributed by atoms with Crippen molar-refractivity contribution in [2.45, 2.75) is 46.0 Å². The van der Waals surface area contributed by atoms with Crippen LogP contribution in [0.1, 0.15) is 50.7 Å². The molecule has 1 atom stereocenters. The lowest BCUT2D eigenvalue weighted by atomic mass is 9.89. The van der Waals surface area contributed by atoms with Gasteiger partial charge in [-0.15, -0.1) is 0 Å². The number of Topliss-reactive ketones (excluding diaryl/α,β-unsaturated/α-hetero) is 1. The molecular weight excluding hydrogens is 240 g/mol. The lowest BCUT2D eigenvalue weighted by Gasteiger charge is -2.14. The van der Waals surface area contributed by atoms with Gasteiger partial charge in [0.15, 0.2) is 5.78 Å². The summed E-state index contributed by atoms with van der Waals surface area (Å²) in [5.74, 6) is -0.975. The van der Waals surface area contributed by atoms with Gasteiger partial charge in [0.25, 0.3) is 0 Å². The maximum Gasteiger partial charge on any atom is 0.310 e. The van der Waals surface area contributed by atoms with Gasteiger partial charge in [-0.25, -0.2) is 0 Å². The van der Waals surface area contributed by atoms with Gasteiger partial charge in [0.05, 0.1) is 0 Å². The van der Waals surface area contributed by atoms with Crippen molar-refractivity contribution in [2.24, 2.45) is 5.92 Å². The van der Waals surface area contributed by atoms with Gasteiger partial charge in [-0.05, 0) is 29.9 Å². The molecule has 1 aromatic rings. The molecule has 0 aromatic heterocycles. The van der Waals surface area contributed by atoms with E-state index in [-0.39, 0.29) is 11.7 Å². The molecule has 0 aliphatic heterocycles. The van der Waals surface area contributed by atoms with E-state index in [9.17, 15) is 9.59 Å². The first-order valence-electron chi connectivity index (χ1n) is 6.77. The number of aliphatic carboxylic acids is 1. The molecule has 0 amide bonds. The number of carbonyl (C=O) groups excluding carboxylic acids is 1. The minimum atomic E-state index is -1.06. The third-order valence-corrected chi connectivity index (χ3v) is 3.15. The molecule has 0 aliphatic rings. The zero-order valence-electron chi connectivity index (χ0n) is 11.8. The first-order chi connectivity index (χ1) is 8.93. The molecule has 0 aliphatic carbocycles. The summed E-state index contributed by atoms with van der Waals surface area (Å²) in [5.41, 5.74) is 2.17. The van der Waals surface area contributed by atoms with E-state index in [0.717, 1.165) is 12.0 Å². The van der Waals surface area contributed by atoms with Crippen LogP contribution in [0.15, 0.2) is 24.3 Å². The van der Waals surface area contributed by atoms with E-state index >= 15 is 0 Å². The Balaban J connectivity index is 2.81. The van der Waals surface area contributed by atoms with Crippen molar-refractivity contribution in [1.82, 2.24) is 0 Å². The largest absolute Gasteiger partial charge is 0.481 e. The quantitative estimate of drug-likeness (QED) is 0.766. The summed E-state index contributed by atoms with van der Waals surface area (Å²) in [4.78, 5) is 22.5. The van der Waals surface area contributed by atoms with E-state index in [4.69, 9.17) is 5.11 Å². The minimum absolute atomic E-state index is 0.216. The van der Waals surface area contributed by atoms with Crippen molar-refractivity contribution in [1.29, 1.82) is 0 Å². The SMILES string of the molecule is CC[C@@H](C(=O)CC(=O)O)c1ccc(CC(C)C)cc1. The van der Waals surface area contributed by atoms with Crippen LogP contribution < -0.4 is 0 Å². The van der Waals surface area contributed by atoms with E-state index < -0.39 is 12.4 Å². The highest BCUT2D eigenvalue weighted by molar-refractivity contribution is 5.98. The van der Waals surface area contributed by atoms with E-state index in [1.807, 2.05) is 31.2 Å². The number of carboxylic acid groups (broad SMARTS) is 1. The van der Waals surface area contributed by atoms with E-state index in [2.05, 4.69) is 13.8 Å². The van der Waals surface area contributed by atoms with Crippen molar-refractivity contribution < 1.29 is 14.7 Å². The Morgan fingerprint density at radius 1 is 1.16 bits per heavy atom. The molecule has 1 rings (SSSR count).